The zero-order chi connectivity index (χ0) is 12.4. The van der Waals surface area contributed by atoms with Gasteiger partial charge in [-0.1, -0.05) is 44.7 Å². The highest BCUT2D eigenvalue weighted by atomic mass is 15.1. The summed E-state index contributed by atoms with van der Waals surface area (Å²) in [6.07, 6.45) is 8.06. The fourth-order valence-electron chi connectivity index (χ4n) is 3.15. The largest absolute Gasteiger partial charge is 0.328 e. The van der Waals surface area contributed by atoms with Crippen molar-refractivity contribution < 1.29 is 0 Å². The molecule has 1 aliphatic heterocycles. The van der Waals surface area contributed by atoms with Crippen LogP contribution in [0.25, 0.3) is 11.0 Å². The number of para-hydroxylation sites is 2. The highest BCUT2D eigenvalue weighted by Crippen LogP contribution is 2.34. The summed E-state index contributed by atoms with van der Waals surface area (Å²) in [5, 5.41) is 0. The number of benzene rings is 1. The second kappa shape index (κ2) is 5.13. The van der Waals surface area contributed by atoms with Crippen molar-refractivity contribution in [3.63, 3.8) is 0 Å². The van der Waals surface area contributed by atoms with Crippen LogP contribution in [0.5, 0.6) is 0 Å². The minimum Gasteiger partial charge on any atom is -0.328 e. The summed E-state index contributed by atoms with van der Waals surface area (Å²) in [7, 11) is 0. The molecule has 96 valence electrons. The molecule has 0 radical (unpaired) electrons. The molecule has 1 atom stereocenters. The molecule has 1 aromatic heterocycles. The minimum absolute atomic E-state index is 0.703. The van der Waals surface area contributed by atoms with Crippen LogP contribution in [0.4, 0.5) is 0 Å². The van der Waals surface area contributed by atoms with E-state index in [-0.39, 0.29) is 0 Å². The third kappa shape index (κ3) is 2.05. The van der Waals surface area contributed by atoms with E-state index in [2.05, 4.69) is 35.8 Å². The number of unbranched alkanes of at least 4 members (excludes halogenated alkanes) is 3. The summed E-state index contributed by atoms with van der Waals surface area (Å²) >= 11 is 0. The molecule has 2 aromatic rings. The van der Waals surface area contributed by atoms with Crippen LogP contribution in [0.15, 0.2) is 24.3 Å². The van der Waals surface area contributed by atoms with Crippen LogP contribution in [0.2, 0.25) is 0 Å². The Morgan fingerprint density at radius 3 is 3.00 bits per heavy atom. The van der Waals surface area contributed by atoms with Crippen LogP contribution in [-0.2, 0) is 6.54 Å². The average Bonchev–Trinajstić information content (AvgIpc) is 2.94. The van der Waals surface area contributed by atoms with Crippen molar-refractivity contribution in [3.8, 4) is 0 Å². The van der Waals surface area contributed by atoms with Gasteiger partial charge in [-0.05, 0) is 25.0 Å². The first-order valence-electron chi connectivity index (χ1n) is 7.35. The number of rotatable bonds is 5. The van der Waals surface area contributed by atoms with Gasteiger partial charge in [-0.25, -0.2) is 4.98 Å². The van der Waals surface area contributed by atoms with Crippen LogP contribution in [0.1, 0.15) is 57.2 Å². The highest BCUT2D eigenvalue weighted by Gasteiger charge is 2.25. The lowest BCUT2D eigenvalue weighted by molar-refractivity contribution is 0.544. The summed E-state index contributed by atoms with van der Waals surface area (Å²) in [5.74, 6) is 2.04. The summed E-state index contributed by atoms with van der Waals surface area (Å²) in [6.45, 7) is 3.43. The number of fused-ring (bicyclic) bond motifs is 3. The molecule has 0 spiro atoms. The van der Waals surface area contributed by atoms with Gasteiger partial charge in [0.05, 0.1) is 11.0 Å². The van der Waals surface area contributed by atoms with Crippen LogP contribution in [-0.4, -0.2) is 9.55 Å². The number of hydrogen-bond donors (Lipinski definition) is 0. The molecule has 18 heavy (non-hydrogen) atoms. The van der Waals surface area contributed by atoms with Crippen molar-refractivity contribution in [2.24, 2.45) is 0 Å². The molecule has 0 unspecified atom stereocenters. The number of hydrogen-bond acceptors (Lipinski definition) is 1. The summed E-state index contributed by atoms with van der Waals surface area (Å²) in [6, 6.07) is 8.53. The Balaban J connectivity index is 1.75. The van der Waals surface area contributed by atoms with Gasteiger partial charge in [0.25, 0.3) is 0 Å². The lowest BCUT2D eigenvalue weighted by Gasteiger charge is -2.07. The maximum absolute atomic E-state index is 4.84. The van der Waals surface area contributed by atoms with E-state index in [4.69, 9.17) is 4.98 Å². The third-order valence-electron chi connectivity index (χ3n) is 4.16. The van der Waals surface area contributed by atoms with E-state index in [1.165, 1.54) is 55.4 Å². The van der Waals surface area contributed by atoms with E-state index in [0.717, 1.165) is 6.54 Å². The van der Waals surface area contributed by atoms with E-state index in [9.17, 15) is 0 Å². The number of imidazole rings is 1. The van der Waals surface area contributed by atoms with Crippen molar-refractivity contribution in [3.05, 3.63) is 30.1 Å². The standard InChI is InChI=1S/C16H22N2/c1-2-3-4-5-8-13-11-12-18-15-10-7-6-9-14(15)17-16(13)18/h6-7,9-10,13H,2-5,8,11-12H2,1H3/t13-/m1/s1. The molecule has 0 aliphatic carbocycles. The minimum atomic E-state index is 0.703. The quantitative estimate of drug-likeness (QED) is 0.706. The Morgan fingerprint density at radius 1 is 1.22 bits per heavy atom. The first kappa shape index (κ1) is 11.8. The number of aromatic nitrogens is 2. The fourth-order valence-corrected chi connectivity index (χ4v) is 3.15. The van der Waals surface area contributed by atoms with E-state index < -0.39 is 0 Å². The van der Waals surface area contributed by atoms with Gasteiger partial charge in [-0.3, -0.25) is 0 Å². The van der Waals surface area contributed by atoms with Crippen LogP contribution < -0.4 is 0 Å². The normalized spacial score (nSPS) is 18.4. The predicted molar refractivity (Wildman–Crippen MR) is 75.9 cm³/mol. The summed E-state index contributed by atoms with van der Waals surface area (Å²) in [5.41, 5.74) is 2.49. The molecule has 3 rings (SSSR count). The predicted octanol–water partition coefficient (Wildman–Crippen LogP) is 4.49. The lowest BCUT2D eigenvalue weighted by atomic mass is 9.99. The van der Waals surface area contributed by atoms with Crippen molar-refractivity contribution in [1.29, 1.82) is 0 Å². The van der Waals surface area contributed by atoms with Crippen LogP contribution >= 0.6 is 0 Å². The molecule has 0 amide bonds. The summed E-state index contributed by atoms with van der Waals surface area (Å²) < 4.78 is 2.43. The molecular formula is C16H22N2. The molecule has 1 aromatic carbocycles. The van der Waals surface area contributed by atoms with E-state index in [1.54, 1.807) is 0 Å². The van der Waals surface area contributed by atoms with Crippen LogP contribution in [0.3, 0.4) is 0 Å². The first-order chi connectivity index (χ1) is 8.90. The zero-order valence-electron chi connectivity index (χ0n) is 11.2. The summed E-state index contributed by atoms with van der Waals surface area (Å²) in [4.78, 5) is 4.84. The smallest absolute Gasteiger partial charge is 0.113 e. The lowest BCUT2D eigenvalue weighted by Crippen LogP contribution is -1.96. The first-order valence-corrected chi connectivity index (χ1v) is 7.35. The van der Waals surface area contributed by atoms with E-state index in [1.807, 2.05) is 0 Å². The third-order valence-corrected chi connectivity index (χ3v) is 4.16. The van der Waals surface area contributed by atoms with Gasteiger partial charge in [-0.2, -0.15) is 0 Å². The van der Waals surface area contributed by atoms with Crippen molar-refractivity contribution in [1.82, 2.24) is 9.55 Å². The zero-order valence-corrected chi connectivity index (χ0v) is 11.2. The molecule has 0 saturated carbocycles. The second-order valence-electron chi connectivity index (χ2n) is 5.45. The SMILES string of the molecule is CCCCCC[C@@H]1CCn2c1nc1ccccc12. The van der Waals surface area contributed by atoms with Gasteiger partial charge in [0.1, 0.15) is 5.82 Å². The topological polar surface area (TPSA) is 17.8 Å². The molecule has 1 aliphatic rings. The Morgan fingerprint density at radius 2 is 2.11 bits per heavy atom. The highest BCUT2D eigenvalue weighted by molar-refractivity contribution is 5.76. The molecule has 0 saturated heterocycles. The van der Waals surface area contributed by atoms with Gasteiger partial charge in [-0.15, -0.1) is 0 Å². The Bertz CT molecular complexity index is 527. The molecule has 2 heterocycles. The van der Waals surface area contributed by atoms with E-state index >= 15 is 0 Å². The Kier molecular flexibility index (Phi) is 3.35. The molecule has 0 N–H and O–H groups in total. The van der Waals surface area contributed by atoms with Crippen LogP contribution in [0, 0.1) is 0 Å². The monoisotopic (exact) mass is 242 g/mol. The maximum Gasteiger partial charge on any atom is 0.113 e. The average molecular weight is 242 g/mol. The molecule has 0 fully saturated rings. The van der Waals surface area contributed by atoms with E-state index in [0.29, 0.717) is 5.92 Å². The van der Waals surface area contributed by atoms with Crippen molar-refractivity contribution >= 4 is 11.0 Å². The second-order valence-corrected chi connectivity index (χ2v) is 5.45. The van der Waals surface area contributed by atoms with Gasteiger partial charge in [0.15, 0.2) is 0 Å². The molecule has 2 heteroatoms. The van der Waals surface area contributed by atoms with Gasteiger partial charge < -0.3 is 4.57 Å². The maximum atomic E-state index is 4.84. The molecule has 2 nitrogen and oxygen atoms in total. The molecule has 0 bridgehead atoms. The Labute approximate surface area is 109 Å². The molecular weight excluding hydrogens is 220 g/mol. The van der Waals surface area contributed by atoms with Crippen molar-refractivity contribution in [2.45, 2.75) is 57.9 Å². The van der Waals surface area contributed by atoms with Gasteiger partial charge in [0, 0.05) is 12.5 Å². The Hall–Kier alpha value is -1.31. The number of nitrogens with zero attached hydrogens (tertiary/aromatic N) is 2. The van der Waals surface area contributed by atoms with Crippen molar-refractivity contribution in [2.75, 3.05) is 0 Å². The van der Waals surface area contributed by atoms with Gasteiger partial charge in [0.2, 0.25) is 0 Å². The van der Waals surface area contributed by atoms with Gasteiger partial charge >= 0.3 is 0 Å². The fraction of sp³-hybridized carbons (Fsp3) is 0.562. The number of aryl methyl sites for hydroxylation is 1.